The molecule has 1 aromatic heterocycles. The zero-order valence-corrected chi connectivity index (χ0v) is 10.2. The van der Waals surface area contributed by atoms with Gasteiger partial charge in [0.25, 0.3) is 5.19 Å². The highest BCUT2D eigenvalue weighted by atomic mass is 32.1. The van der Waals surface area contributed by atoms with Crippen LogP contribution in [0.15, 0.2) is 12.1 Å². The molecule has 16 heavy (non-hydrogen) atoms. The van der Waals surface area contributed by atoms with Gasteiger partial charge in [-0.2, -0.15) is 0 Å². The first kappa shape index (κ1) is 11.0. The first-order chi connectivity index (χ1) is 7.76. The highest BCUT2D eigenvalue weighted by Gasteiger charge is 2.11. The molecule has 0 radical (unpaired) electrons. The second-order valence-corrected chi connectivity index (χ2v) is 4.28. The summed E-state index contributed by atoms with van der Waals surface area (Å²) in [5, 5.41) is 3.94. The predicted molar refractivity (Wildman–Crippen MR) is 69.4 cm³/mol. The lowest BCUT2D eigenvalue weighted by atomic mass is 10.2. The lowest BCUT2D eigenvalue weighted by molar-refractivity contribution is 0.339. The van der Waals surface area contributed by atoms with Crippen LogP contribution in [0.4, 0.5) is 11.4 Å². The van der Waals surface area contributed by atoms with E-state index in [0.717, 1.165) is 28.1 Å². The number of fused-ring (bicyclic) bond motifs is 1. The predicted octanol–water partition coefficient (Wildman–Crippen LogP) is 2.71. The monoisotopic (exact) mass is 237 g/mol. The van der Waals surface area contributed by atoms with E-state index < -0.39 is 0 Å². The summed E-state index contributed by atoms with van der Waals surface area (Å²) < 4.78 is 6.39. The van der Waals surface area contributed by atoms with E-state index in [9.17, 15) is 0 Å². The van der Waals surface area contributed by atoms with E-state index in [1.165, 1.54) is 11.3 Å². The average Bonchev–Trinajstić information content (AvgIpc) is 2.68. The Morgan fingerprint density at radius 3 is 2.94 bits per heavy atom. The van der Waals surface area contributed by atoms with Crippen LogP contribution in [-0.2, 0) is 0 Å². The van der Waals surface area contributed by atoms with Crippen LogP contribution in [0, 0.1) is 0 Å². The second-order valence-electron chi connectivity index (χ2n) is 3.32. The third kappa shape index (κ3) is 1.90. The molecule has 86 valence electrons. The van der Waals surface area contributed by atoms with E-state index in [-0.39, 0.29) is 0 Å². The van der Waals surface area contributed by atoms with E-state index >= 15 is 0 Å². The number of nitrogens with two attached hydrogens (primary N) is 1. The number of nitrogens with one attached hydrogen (secondary N) is 1. The van der Waals surface area contributed by atoms with Gasteiger partial charge in [-0.3, -0.25) is 0 Å². The third-order valence-corrected chi connectivity index (χ3v) is 3.21. The number of hydrogen-bond donors (Lipinski definition) is 2. The number of nitrogen functional groups attached to an aromatic ring is 1. The number of anilines is 2. The minimum Gasteiger partial charge on any atom is -0.470 e. The van der Waals surface area contributed by atoms with Gasteiger partial charge in [0, 0.05) is 6.54 Å². The highest BCUT2D eigenvalue weighted by molar-refractivity contribution is 7.20. The number of thiazole rings is 1. The maximum Gasteiger partial charge on any atom is 0.274 e. The van der Waals surface area contributed by atoms with E-state index in [0.29, 0.717) is 11.8 Å². The second kappa shape index (κ2) is 4.57. The molecule has 2 aromatic rings. The molecular weight excluding hydrogens is 222 g/mol. The number of aromatic nitrogens is 1. The van der Waals surface area contributed by atoms with Gasteiger partial charge in [-0.05, 0) is 26.0 Å². The van der Waals surface area contributed by atoms with E-state index in [2.05, 4.69) is 17.2 Å². The Balaban J connectivity index is 2.53. The first-order valence-corrected chi connectivity index (χ1v) is 6.13. The minimum absolute atomic E-state index is 0.621. The fraction of sp³-hybridized carbons (Fsp3) is 0.364. The number of benzene rings is 1. The molecule has 5 heteroatoms. The zero-order valence-electron chi connectivity index (χ0n) is 9.41. The molecule has 0 saturated carbocycles. The number of rotatable bonds is 4. The van der Waals surface area contributed by atoms with E-state index in [1.54, 1.807) is 0 Å². The van der Waals surface area contributed by atoms with Crippen LogP contribution < -0.4 is 15.8 Å². The summed E-state index contributed by atoms with van der Waals surface area (Å²) in [7, 11) is 0. The third-order valence-electron chi connectivity index (χ3n) is 2.19. The Bertz CT molecular complexity index is 495. The van der Waals surface area contributed by atoms with Gasteiger partial charge in [-0.15, -0.1) is 0 Å². The van der Waals surface area contributed by atoms with Gasteiger partial charge >= 0.3 is 0 Å². The van der Waals surface area contributed by atoms with Crippen molar-refractivity contribution in [3.05, 3.63) is 12.1 Å². The zero-order chi connectivity index (χ0) is 11.5. The lowest BCUT2D eigenvalue weighted by Gasteiger charge is -2.04. The molecule has 1 aromatic carbocycles. The lowest BCUT2D eigenvalue weighted by Crippen LogP contribution is -1.98. The molecule has 2 rings (SSSR count). The molecule has 0 saturated heterocycles. The molecule has 0 unspecified atom stereocenters. The van der Waals surface area contributed by atoms with Crippen LogP contribution in [0.5, 0.6) is 5.19 Å². The Kier molecular flexibility index (Phi) is 3.14. The van der Waals surface area contributed by atoms with Crippen molar-refractivity contribution in [2.75, 3.05) is 24.2 Å². The van der Waals surface area contributed by atoms with Gasteiger partial charge in [0.2, 0.25) is 0 Å². The Morgan fingerprint density at radius 1 is 1.44 bits per heavy atom. The highest BCUT2D eigenvalue weighted by Crippen LogP contribution is 2.36. The average molecular weight is 237 g/mol. The fourth-order valence-corrected chi connectivity index (χ4v) is 2.45. The summed E-state index contributed by atoms with van der Waals surface area (Å²) in [6.07, 6.45) is 0. The summed E-state index contributed by atoms with van der Waals surface area (Å²) >= 11 is 1.49. The van der Waals surface area contributed by atoms with Crippen molar-refractivity contribution in [1.82, 2.24) is 4.98 Å². The Morgan fingerprint density at radius 2 is 2.25 bits per heavy atom. The van der Waals surface area contributed by atoms with Crippen LogP contribution in [0.3, 0.4) is 0 Å². The van der Waals surface area contributed by atoms with Crippen LogP contribution in [-0.4, -0.2) is 18.1 Å². The quantitative estimate of drug-likeness (QED) is 0.803. The summed E-state index contributed by atoms with van der Waals surface area (Å²) in [5.41, 5.74) is 8.57. The molecule has 0 spiro atoms. The molecule has 0 bridgehead atoms. The van der Waals surface area contributed by atoms with Crippen LogP contribution in [0.2, 0.25) is 0 Å². The van der Waals surface area contributed by atoms with Crippen LogP contribution in [0.1, 0.15) is 13.8 Å². The normalized spacial score (nSPS) is 10.6. The van der Waals surface area contributed by atoms with Gasteiger partial charge in [-0.1, -0.05) is 11.3 Å². The Labute approximate surface area is 98.4 Å². The molecule has 0 fully saturated rings. The number of nitrogens with zero attached hydrogens (tertiary/aromatic N) is 1. The molecule has 0 aliphatic heterocycles. The molecule has 3 N–H and O–H groups in total. The Hall–Kier alpha value is -1.49. The van der Waals surface area contributed by atoms with Crippen LogP contribution in [0.25, 0.3) is 10.2 Å². The van der Waals surface area contributed by atoms with E-state index in [4.69, 9.17) is 10.5 Å². The van der Waals surface area contributed by atoms with Crippen molar-refractivity contribution in [1.29, 1.82) is 0 Å². The molecule has 0 aliphatic rings. The fourth-order valence-electron chi connectivity index (χ4n) is 1.52. The maximum absolute atomic E-state index is 5.92. The minimum atomic E-state index is 0.621. The van der Waals surface area contributed by atoms with Crippen molar-refractivity contribution in [3.63, 3.8) is 0 Å². The SMILES string of the molecule is CCNc1ccc(N)c2sc(OCC)nc12. The van der Waals surface area contributed by atoms with E-state index in [1.807, 2.05) is 19.1 Å². The first-order valence-electron chi connectivity index (χ1n) is 5.32. The molecule has 0 atom stereocenters. The van der Waals surface area contributed by atoms with Crippen molar-refractivity contribution in [2.45, 2.75) is 13.8 Å². The van der Waals surface area contributed by atoms with Gasteiger partial charge < -0.3 is 15.8 Å². The molecule has 0 aliphatic carbocycles. The van der Waals surface area contributed by atoms with Gasteiger partial charge in [0.1, 0.15) is 5.52 Å². The van der Waals surface area contributed by atoms with Gasteiger partial charge in [0.05, 0.1) is 22.7 Å². The summed E-state index contributed by atoms with van der Waals surface area (Å²) in [6.45, 7) is 5.48. The molecule has 1 heterocycles. The summed E-state index contributed by atoms with van der Waals surface area (Å²) in [6, 6.07) is 3.85. The van der Waals surface area contributed by atoms with Crippen LogP contribution >= 0.6 is 11.3 Å². The van der Waals surface area contributed by atoms with Crippen molar-refractivity contribution >= 4 is 32.9 Å². The standard InChI is InChI=1S/C11H15N3OS/c1-3-13-8-6-5-7(12)10-9(8)14-11(16-10)15-4-2/h5-6,13H,3-4,12H2,1-2H3. The topological polar surface area (TPSA) is 60.2 Å². The largest absolute Gasteiger partial charge is 0.470 e. The van der Waals surface area contributed by atoms with Crippen molar-refractivity contribution < 1.29 is 4.74 Å². The molecular formula is C11H15N3OS. The summed E-state index contributed by atoms with van der Waals surface area (Å²) in [4.78, 5) is 4.44. The van der Waals surface area contributed by atoms with Gasteiger partial charge in [-0.25, -0.2) is 4.98 Å². The smallest absolute Gasteiger partial charge is 0.274 e. The number of ether oxygens (including phenoxy) is 1. The maximum atomic E-state index is 5.92. The number of hydrogen-bond acceptors (Lipinski definition) is 5. The van der Waals surface area contributed by atoms with Crippen molar-refractivity contribution in [2.24, 2.45) is 0 Å². The molecule has 0 amide bonds. The van der Waals surface area contributed by atoms with Gasteiger partial charge in [0.15, 0.2) is 0 Å². The summed E-state index contributed by atoms with van der Waals surface area (Å²) in [5.74, 6) is 0. The molecule has 4 nitrogen and oxygen atoms in total. The van der Waals surface area contributed by atoms with Crippen molar-refractivity contribution in [3.8, 4) is 5.19 Å².